The fraction of sp³-hybridized carbons (Fsp3) is 0.227. The minimum Gasteiger partial charge on any atom is -0.298 e. The van der Waals surface area contributed by atoms with Gasteiger partial charge in [0.2, 0.25) is 0 Å². The second-order valence-corrected chi connectivity index (χ2v) is 8.15. The van der Waals surface area contributed by atoms with Gasteiger partial charge in [0.25, 0.3) is 0 Å². The molecule has 0 bridgehead atoms. The summed E-state index contributed by atoms with van der Waals surface area (Å²) in [5.41, 5.74) is 3.85. The van der Waals surface area contributed by atoms with Crippen LogP contribution in [-0.4, -0.2) is 43.3 Å². The third-order valence-corrected chi connectivity index (χ3v) is 5.86. The Labute approximate surface area is 164 Å². The van der Waals surface area contributed by atoms with Crippen LogP contribution in [0.3, 0.4) is 0 Å². The van der Waals surface area contributed by atoms with Gasteiger partial charge in [-0.1, -0.05) is 24.3 Å². The Morgan fingerprint density at radius 2 is 1.15 bits per heavy atom. The lowest BCUT2D eigenvalue weighted by molar-refractivity contribution is -0.113. The molecule has 0 saturated carbocycles. The number of carbonyl (C=O) groups excluding carboxylic acids is 1. The molecule has 2 nitrogen and oxygen atoms in total. The van der Waals surface area contributed by atoms with Crippen molar-refractivity contribution in [3.05, 3.63) is 70.8 Å². The summed E-state index contributed by atoms with van der Waals surface area (Å²) in [6, 6.07) is 16.7. The highest BCUT2D eigenvalue weighted by Crippen LogP contribution is 2.23. The molecular weight excluding hydrogens is 358 g/mol. The number of likely N-dealkylation sites (N-methyl/N-ethyl adjacent to an activating group) is 1. The van der Waals surface area contributed by atoms with Crippen molar-refractivity contribution in [1.29, 1.82) is 0 Å². The molecule has 1 fully saturated rings. The van der Waals surface area contributed by atoms with Crippen LogP contribution in [0.2, 0.25) is 0 Å². The smallest absolute Gasteiger partial charge is 0.187 e. The van der Waals surface area contributed by atoms with Crippen molar-refractivity contribution in [3.8, 4) is 0 Å². The number of thioether (sulfide) groups is 2. The Hall–Kier alpha value is -1.75. The summed E-state index contributed by atoms with van der Waals surface area (Å²) < 4.78 is 0. The third-order valence-electron chi connectivity index (χ3n) is 4.38. The van der Waals surface area contributed by atoms with Crippen LogP contribution in [0.15, 0.2) is 69.5 Å². The standard InChI is InChI=1S/C22H23NOS2/c1-23-14-18(12-16-4-8-20(25-2)9-5-16)22(24)19(15-23)13-17-6-10-21(26-3)11-7-17/h4-13H,14-15H2,1-3H3/b18-12+,19-13+. The summed E-state index contributed by atoms with van der Waals surface area (Å²) in [7, 11) is 2.06. The first-order valence-electron chi connectivity index (χ1n) is 8.51. The number of piperidine rings is 1. The summed E-state index contributed by atoms with van der Waals surface area (Å²) in [5, 5.41) is 0. The minimum atomic E-state index is 0.158. The van der Waals surface area contributed by atoms with Crippen LogP contribution in [0.25, 0.3) is 12.2 Å². The van der Waals surface area contributed by atoms with Gasteiger partial charge in [0.1, 0.15) is 0 Å². The van der Waals surface area contributed by atoms with Gasteiger partial charge in [0.05, 0.1) is 0 Å². The van der Waals surface area contributed by atoms with Crippen LogP contribution in [-0.2, 0) is 4.79 Å². The van der Waals surface area contributed by atoms with Gasteiger partial charge in [-0.05, 0) is 67.1 Å². The van der Waals surface area contributed by atoms with Gasteiger partial charge in [0.15, 0.2) is 5.78 Å². The summed E-state index contributed by atoms with van der Waals surface area (Å²) in [6.45, 7) is 1.37. The zero-order chi connectivity index (χ0) is 18.5. The van der Waals surface area contributed by atoms with Gasteiger partial charge in [-0.15, -0.1) is 23.5 Å². The van der Waals surface area contributed by atoms with Crippen LogP contribution in [0.1, 0.15) is 11.1 Å². The average Bonchev–Trinajstić information content (AvgIpc) is 2.66. The highest BCUT2D eigenvalue weighted by molar-refractivity contribution is 7.98. The molecule has 3 rings (SSSR count). The van der Waals surface area contributed by atoms with Crippen molar-refractivity contribution in [2.45, 2.75) is 9.79 Å². The Balaban J connectivity index is 1.86. The monoisotopic (exact) mass is 381 g/mol. The Kier molecular flexibility index (Phi) is 6.41. The largest absolute Gasteiger partial charge is 0.298 e. The molecule has 0 aromatic heterocycles. The van der Waals surface area contributed by atoms with E-state index in [-0.39, 0.29) is 5.78 Å². The highest BCUT2D eigenvalue weighted by atomic mass is 32.2. The van der Waals surface area contributed by atoms with E-state index < -0.39 is 0 Å². The van der Waals surface area contributed by atoms with E-state index in [1.165, 1.54) is 9.79 Å². The summed E-state index contributed by atoms with van der Waals surface area (Å²) in [6.07, 6.45) is 8.17. The Morgan fingerprint density at radius 3 is 1.50 bits per heavy atom. The first-order chi connectivity index (χ1) is 12.6. The Bertz CT molecular complexity index is 766. The molecule has 134 valence electrons. The van der Waals surface area contributed by atoms with E-state index in [0.29, 0.717) is 13.1 Å². The summed E-state index contributed by atoms with van der Waals surface area (Å²) in [5.74, 6) is 0.158. The van der Waals surface area contributed by atoms with E-state index in [2.05, 4.69) is 73.0 Å². The van der Waals surface area contributed by atoms with Gasteiger partial charge in [-0.3, -0.25) is 9.69 Å². The van der Waals surface area contributed by atoms with Crippen LogP contribution in [0.5, 0.6) is 0 Å². The molecule has 0 amide bonds. The van der Waals surface area contributed by atoms with E-state index in [1.54, 1.807) is 23.5 Å². The number of hydrogen-bond acceptors (Lipinski definition) is 4. The summed E-state index contributed by atoms with van der Waals surface area (Å²) in [4.78, 5) is 17.6. The van der Waals surface area contributed by atoms with Crippen LogP contribution < -0.4 is 0 Å². The molecule has 2 aromatic rings. The molecule has 0 unspecified atom stereocenters. The first kappa shape index (κ1) is 19.0. The third kappa shape index (κ3) is 4.70. The second-order valence-electron chi connectivity index (χ2n) is 6.39. The molecule has 0 radical (unpaired) electrons. The molecule has 1 saturated heterocycles. The lowest BCUT2D eigenvalue weighted by atomic mass is 9.94. The van der Waals surface area contributed by atoms with E-state index >= 15 is 0 Å². The number of rotatable bonds is 4. The SMILES string of the molecule is CSc1ccc(/C=C2\CN(C)C/C(=C\c3ccc(SC)cc3)C2=O)cc1. The molecule has 0 atom stereocenters. The first-order valence-corrected chi connectivity index (χ1v) is 11.0. The second kappa shape index (κ2) is 8.76. The number of carbonyl (C=O) groups is 1. The topological polar surface area (TPSA) is 20.3 Å². The van der Waals surface area contributed by atoms with Gasteiger partial charge in [-0.2, -0.15) is 0 Å². The lowest BCUT2D eigenvalue weighted by Gasteiger charge is -2.26. The lowest BCUT2D eigenvalue weighted by Crippen LogP contribution is -2.34. The molecule has 1 aliphatic rings. The predicted octanol–water partition coefficient (Wildman–Crippen LogP) is 5.11. The molecule has 0 N–H and O–H groups in total. The van der Waals surface area contributed by atoms with E-state index in [1.807, 2.05) is 12.2 Å². The molecular formula is C22H23NOS2. The molecule has 2 aromatic carbocycles. The zero-order valence-corrected chi connectivity index (χ0v) is 17.0. The number of ketones is 1. The van der Waals surface area contributed by atoms with Crippen LogP contribution >= 0.6 is 23.5 Å². The van der Waals surface area contributed by atoms with Crippen molar-refractivity contribution >= 4 is 41.5 Å². The maximum absolute atomic E-state index is 13.0. The Morgan fingerprint density at radius 1 is 0.769 bits per heavy atom. The minimum absolute atomic E-state index is 0.158. The average molecular weight is 382 g/mol. The molecule has 0 aliphatic carbocycles. The predicted molar refractivity (Wildman–Crippen MR) is 115 cm³/mol. The normalized spacial score (nSPS) is 18.7. The van der Waals surface area contributed by atoms with Crippen LogP contribution in [0, 0.1) is 0 Å². The van der Waals surface area contributed by atoms with Crippen molar-refractivity contribution in [2.24, 2.45) is 0 Å². The van der Waals surface area contributed by atoms with Gasteiger partial charge in [0, 0.05) is 34.0 Å². The van der Waals surface area contributed by atoms with Crippen molar-refractivity contribution in [2.75, 3.05) is 32.6 Å². The van der Waals surface area contributed by atoms with Crippen molar-refractivity contribution in [3.63, 3.8) is 0 Å². The number of nitrogens with zero attached hydrogens (tertiary/aromatic N) is 1. The van der Waals surface area contributed by atoms with Crippen molar-refractivity contribution < 1.29 is 4.79 Å². The maximum atomic E-state index is 13.0. The van der Waals surface area contributed by atoms with Crippen molar-refractivity contribution in [1.82, 2.24) is 4.90 Å². The van der Waals surface area contributed by atoms with E-state index in [4.69, 9.17) is 0 Å². The number of likely N-dealkylation sites (tertiary alicyclic amines) is 1. The summed E-state index contributed by atoms with van der Waals surface area (Å²) >= 11 is 3.44. The van der Waals surface area contributed by atoms with E-state index in [0.717, 1.165) is 22.3 Å². The molecule has 1 aliphatic heterocycles. The molecule has 0 spiro atoms. The zero-order valence-electron chi connectivity index (χ0n) is 15.4. The van der Waals surface area contributed by atoms with Gasteiger partial charge in [-0.25, -0.2) is 0 Å². The van der Waals surface area contributed by atoms with Crippen LogP contribution in [0.4, 0.5) is 0 Å². The number of benzene rings is 2. The molecule has 4 heteroatoms. The number of hydrogen-bond donors (Lipinski definition) is 0. The van der Waals surface area contributed by atoms with Gasteiger partial charge >= 0.3 is 0 Å². The van der Waals surface area contributed by atoms with E-state index in [9.17, 15) is 4.79 Å². The molecule has 26 heavy (non-hydrogen) atoms. The number of Topliss-reactive ketones (excluding diaryl/α,β-unsaturated/α-hetero) is 1. The fourth-order valence-corrected chi connectivity index (χ4v) is 3.83. The highest BCUT2D eigenvalue weighted by Gasteiger charge is 2.23. The fourth-order valence-electron chi connectivity index (χ4n) is 3.01. The maximum Gasteiger partial charge on any atom is 0.187 e. The quantitative estimate of drug-likeness (QED) is 0.541. The molecule has 1 heterocycles. The van der Waals surface area contributed by atoms with Gasteiger partial charge < -0.3 is 0 Å².